The van der Waals surface area contributed by atoms with Gasteiger partial charge in [-0.1, -0.05) is 0 Å². The minimum Gasteiger partial charge on any atom is -0.454 e. The molecule has 0 aliphatic carbocycles. The lowest BCUT2D eigenvalue weighted by atomic mass is 9.81. The number of nitrogens with one attached hydrogen (secondary N) is 1. The molecule has 0 unspecified atom stereocenters. The molecular formula is C18H22N2O5. The van der Waals surface area contributed by atoms with Gasteiger partial charge in [-0.05, 0) is 31.5 Å². The molecule has 3 N–H and O–H groups in total. The van der Waals surface area contributed by atoms with Crippen LogP contribution in [-0.4, -0.2) is 53.2 Å². The van der Waals surface area contributed by atoms with Crippen molar-refractivity contribution in [3.05, 3.63) is 34.1 Å². The van der Waals surface area contributed by atoms with Crippen LogP contribution < -0.4 is 15.0 Å². The Morgan fingerprint density at radius 3 is 2.68 bits per heavy atom. The van der Waals surface area contributed by atoms with Crippen LogP contribution in [0.2, 0.25) is 0 Å². The van der Waals surface area contributed by atoms with Crippen LogP contribution in [0.1, 0.15) is 18.4 Å². The Hall–Kier alpha value is -2.09. The van der Waals surface area contributed by atoms with E-state index >= 15 is 0 Å². The highest BCUT2D eigenvalue weighted by atomic mass is 16.7. The highest BCUT2D eigenvalue weighted by Crippen LogP contribution is 2.35. The molecule has 7 nitrogen and oxygen atoms in total. The fraction of sp³-hybridized carbons (Fsp3) is 0.500. The quantitative estimate of drug-likeness (QED) is 0.759. The maximum atomic E-state index is 12.5. The van der Waals surface area contributed by atoms with Crippen molar-refractivity contribution in [2.45, 2.75) is 19.4 Å². The Morgan fingerprint density at radius 2 is 1.92 bits per heavy atom. The summed E-state index contributed by atoms with van der Waals surface area (Å²) in [4.78, 5) is 17.5. The lowest BCUT2D eigenvalue weighted by molar-refractivity contribution is -0.0133. The fourth-order valence-corrected chi connectivity index (χ4v) is 3.75. The summed E-state index contributed by atoms with van der Waals surface area (Å²) in [5.74, 6) is 1.32. The number of nitrogens with zero attached hydrogens (tertiary/aromatic N) is 1. The Balaban J connectivity index is 1.62. The Morgan fingerprint density at radius 1 is 1.16 bits per heavy atom. The Kier molecular flexibility index (Phi) is 4.15. The minimum absolute atomic E-state index is 0.0441. The number of likely N-dealkylation sites (tertiary alicyclic amines) is 1. The van der Waals surface area contributed by atoms with Crippen LogP contribution >= 0.6 is 0 Å². The van der Waals surface area contributed by atoms with E-state index in [0.717, 1.165) is 30.3 Å². The number of aromatic nitrogens is 1. The zero-order chi connectivity index (χ0) is 17.4. The van der Waals surface area contributed by atoms with Gasteiger partial charge in [0.25, 0.3) is 5.56 Å². The lowest BCUT2D eigenvalue weighted by Gasteiger charge is -2.40. The molecule has 25 heavy (non-hydrogen) atoms. The fourth-order valence-electron chi connectivity index (χ4n) is 3.75. The number of rotatable bonds is 4. The van der Waals surface area contributed by atoms with E-state index in [9.17, 15) is 15.0 Å². The van der Waals surface area contributed by atoms with Gasteiger partial charge in [-0.15, -0.1) is 0 Å². The number of hydrogen-bond donors (Lipinski definition) is 3. The molecule has 2 aliphatic heterocycles. The molecule has 0 spiro atoms. The summed E-state index contributed by atoms with van der Waals surface area (Å²) in [7, 11) is 0. The average molecular weight is 346 g/mol. The molecule has 0 amide bonds. The summed E-state index contributed by atoms with van der Waals surface area (Å²) < 4.78 is 10.7. The standard InChI is InChI=1S/C18H22N2O5/c21-9-18(10-22)2-1-3-20(8-18)7-13-4-12-5-15-16(25-11-24-15)6-14(12)19-17(13)23/h4-6,21-22H,1-3,7-11H2,(H,19,23). The molecule has 1 aromatic carbocycles. The average Bonchev–Trinajstić information content (AvgIpc) is 3.08. The zero-order valence-corrected chi connectivity index (χ0v) is 14.0. The molecule has 0 saturated carbocycles. The molecule has 3 heterocycles. The maximum Gasteiger partial charge on any atom is 0.252 e. The predicted octanol–water partition coefficient (Wildman–Crippen LogP) is 0.824. The second-order valence-electron chi connectivity index (χ2n) is 7.05. The van der Waals surface area contributed by atoms with Gasteiger partial charge in [0, 0.05) is 35.5 Å². The van der Waals surface area contributed by atoms with Gasteiger partial charge in [0.15, 0.2) is 11.5 Å². The first-order valence-corrected chi connectivity index (χ1v) is 8.52. The van der Waals surface area contributed by atoms with E-state index in [-0.39, 0.29) is 25.6 Å². The van der Waals surface area contributed by atoms with Crippen molar-refractivity contribution in [1.82, 2.24) is 9.88 Å². The Labute approximate surface area is 144 Å². The molecule has 134 valence electrons. The molecule has 1 aromatic heterocycles. The van der Waals surface area contributed by atoms with Crippen molar-refractivity contribution in [3.8, 4) is 11.5 Å². The second-order valence-corrected chi connectivity index (χ2v) is 7.05. The SMILES string of the molecule is O=c1[nH]c2cc3c(cc2cc1CN1CCCC(CO)(CO)C1)OCO3. The summed E-state index contributed by atoms with van der Waals surface area (Å²) in [5.41, 5.74) is 0.777. The molecule has 2 aliphatic rings. The third kappa shape index (κ3) is 2.99. The first-order valence-electron chi connectivity index (χ1n) is 8.52. The van der Waals surface area contributed by atoms with Gasteiger partial charge in [-0.3, -0.25) is 9.69 Å². The zero-order valence-electron chi connectivity index (χ0n) is 14.0. The van der Waals surface area contributed by atoms with Crippen molar-refractivity contribution in [3.63, 3.8) is 0 Å². The third-order valence-electron chi connectivity index (χ3n) is 5.22. The van der Waals surface area contributed by atoms with Crippen LogP contribution in [0.4, 0.5) is 0 Å². The minimum atomic E-state index is -0.478. The van der Waals surface area contributed by atoms with Crippen LogP contribution in [0.25, 0.3) is 10.9 Å². The summed E-state index contributed by atoms with van der Waals surface area (Å²) in [5, 5.41) is 20.2. The number of H-pyrrole nitrogens is 1. The molecule has 0 bridgehead atoms. The van der Waals surface area contributed by atoms with E-state index in [1.165, 1.54) is 0 Å². The number of piperidine rings is 1. The lowest BCUT2D eigenvalue weighted by Crippen LogP contribution is -2.47. The van der Waals surface area contributed by atoms with Crippen LogP contribution in [0.5, 0.6) is 11.5 Å². The molecule has 7 heteroatoms. The van der Waals surface area contributed by atoms with Crippen LogP contribution in [0, 0.1) is 5.41 Å². The largest absolute Gasteiger partial charge is 0.454 e. The number of aliphatic hydroxyl groups is 2. The maximum absolute atomic E-state index is 12.5. The number of hydrogen-bond acceptors (Lipinski definition) is 6. The van der Waals surface area contributed by atoms with E-state index in [4.69, 9.17) is 9.47 Å². The number of benzene rings is 1. The molecule has 4 rings (SSSR count). The molecular weight excluding hydrogens is 324 g/mol. The molecule has 2 aromatic rings. The van der Waals surface area contributed by atoms with Crippen LogP contribution in [-0.2, 0) is 6.54 Å². The first kappa shape index (κ1) is 16.4. The van der Waals surface area contributed by atoms with E-state index in [1.54, 1.807) is 6.07 Å². The first-order chi connectivity index (χ1) is 12.1. The van der Waals surface area contributed by atoms with Gasteiger partial charge < -0.3 is 24.7 Å². The Bertz CT molecular complexity index is 843. The van der Waals surface area contributed by atoms with Gasteiger partial charge in [0.2, 0.25) is 6.79 Å². The predicted molar refractivity (Wildman–Crippen MR) is 91.8 cm³/mol. The number of aromatic amines is 1. The van der Waals surface area contributed by atoms with E-state index < -0.39 is 5.41 Å². The molecule has 1 fully saturated rings. The van der Waals surface area contributed by atoms with Crippen LogP contribution in [0.3, 0.4) is 0 Å². The highest BCUT2D eigenvalue weighted by molar-refractivity contribution is 5.83. The van der Waals surface area contributed by atoms with Gasteiger partial charge >= 0.3 is 0 Å². The van der Waals surface area contributed by atoms with Gasteiger partial charge in [-0.2, -0.15) is 0 Å². The monoisotopic (exact) mass is 346 g/mol. The normalized spacial score (nSPS) is 19.4. The van der Waals surface area contributed by atoms with Crippen LogP contribution in [0.15, 0.2) is 23.0 Å². The molecule has 0 atom stereocenters. The summed E-state index contributed by atoms with van der Waals surface area (Å²) in [6.45, 7) is 2.02. The van der Waals surface area contributed by atoms with E-state index in [1.807, 2.05) is 12.1 Å². The van der Waals surface area contributed by atoms with Gasteiger partial charge in [0.05, 0.1) is 18.7 Å². The van der Waals surface area contributed by atoms with Crippen molar-refractivity contribution >= 4 is 10.9 Å². The van der Waals surface area contributed by atoms with E-state index in [0.29, 0.717) is 30.2 Å². The van der Waals surface area contributed by atoms with Crippen molar-refractivity contribution in [2.24, 2.45) is 5.41 Å². The number of ether oxygens (including phenoxy) is 2. The topological polar surface area (TPSA) is 95.0 Å². The third-order valence-corrected chi connectivity index (χ3v) is 5.22. The van der Waals surface area contributed by atoms with Crippen molar-refractivity contribution < 1.29 is 19.7 Å². The van der Waals surface area contributed by atoms with E-state index in [2.05, 4.69) is 9.88 Å². The summed E-state index contributed by atoms with van der Waals surface area (Å²) in [6, 6.07) is 5.54. The smallest absolute Gasteiger partial charge is 0.252 e. The highest BCUT2D eigenvalue weighted by Gasteiger charge is 2.34. The number of aliphatic hydroxyl groups excluding tert-OH is 2. The number of fused-ring (bicyclic) bond motifs is 2. The second kappa shape index (κ2) is 6.33. The molecule has 0 radical (unpaired) electrons. The van der Waals surface area contributed by atoms with Crippen molar-refractivity contribution in [2.75, 3.05) is 33.1 Å². The summed E-state index contributed by atoms with van der Waals surface area (Å²) in [6.07, 6.45) is 1.69. The molecule has 1 saturated heterocycles. The number of pyridine rings is 1. The summed E-state index contributed by atoms with van der Waals surface area (Å²) >= 11 is 0. The van der Waals surface area contributed by atoms with Gasteiger partial charge in [-0.25, -0.2) is 0 Å². The van der Waals surface area contributed by atoms with Gasteiger partial charge in [0.1, 0.15) is 0 Å². The van der Waals surface area contributed by atoms with Crippen molar-refractivity contribution in [1.29, 1.82) is 0 Å².